The van der Waals surface area contributed by atoms with Crippen molar-refractivity contribution < 1.29 is 14.4 Å². The Labute approximate surface area is 168 Å². The van der Waals surface area contributed by atoms with Crippen LogP contribution in [-0.4, -0.2) is 40.8 Å². The number of rotatable bonds is 6. The molecule has 3 aromatic rings. The number of amides is 4. The van der Waals surface area contributed by atoms with Crippen LogP contribution in [0.5, 0.6) is 0 Å². The number of nitrogens with zero attached hydrogens (tertiary/aromatic N) is 1. The average molecular weight is 390 g/mol. The molecule has 3 N–H and O–H groups in total. The Morgan fingerprint density at radius 3 is 2.59 bits per heavy atom. The summed E-state index contributed by atoms with van der Waals surface area (Å²) in [4.78, 5) is 41.7. The second-order valence-electron chi connectivity index (χ2n) is 7.27. The van der Waals surface area contributed by atoms with Gasteiger partial charge in [0.05, 0.1) is 0 Å². The fourth-order valence-electron chi connectivity index (χ4n) is 3.68. The van der Waals surface area contributed by atoms with Gasteiger partial charge in [0.1, 0.15) is 12.1 Å². The molecule has 4 rings (SSSR count). The van der Waals surface area contributed by atoms with E-state index < -0.39 is 17.5 Å². The lowest BCUT2D eigenvalue weighted by Gasteiger charge is -2.22. The van der Waals surface area contributed by atoms with Crippen molar-refractivity contribution in [1.82, 2.24) is 20.5 Å². The number of benzene rings is 2. The van der Waals surface area contributed by atoms with Gasteiger partial charge < -0.3 is 15.6 Å². The molecular weight excluding hydrogens is 368 g/mol. The topological polar surface area (TPSA) is 94.3 Å². The quantitative estimate of drug-likeness (QED) is 0.564. The van der Waals surface area contributed by atoms with Gasteiger partial charge in [0.25, 0.3) is 5.91 Å². The summed E-state index contributed by atoms with van der Waals surface area (Å²) in [5.41, 5.74) is 1.67. The molecule has 1 atom stereocenters. The summed E-state index contributed by atoms with van der Waals surface area (Å²) in [6, 6.07) is 16.4. The van der Waals surface area contributed by atoms with Crippen LogP contribution in [0, 0.1) is 0 Å². The molecular formula is C22H22N4O3. The first-order chi connectivity index (χ1) is 14.0. The van der Waals surface area contributed by atoms with E-state index in [1.165, 1.54) is 0 Å². The Morgan fingerprint density at radius 2 is 1.79 bits per heavy atom. The molecule has 0 unspecified atom stereocenters. The fourth-order valence-corrected chi connectivity index (χ4v) is 3.68. The first-order valence-electron chi connectivity index (χ1n) is 9.50. The SMILES string of the molecule is C[C@@]1(c2ccccc2)NC(=O)N(CC(=O)NCCc2c[nH]c3ccccc23)C1=O. The van der Waals surface area contributed by atoms with Crippen molar-refractivity contribution in [1.29, 1.82) is 0 Å². The monoisotopic (exact) mass is 390 g/mol. The molecule has 0 spiro atoms. The summed E-state index contributed by atoms with van der Waals surface area (Å²) in [5.74, 6) is -0.800. The van der Waals surface area contributed by atoms with Crippen LogP contribution in [0.2, 0.25) is 0 Å². The van der Waals surface area contributed by atoms with Gasteiger partial charge in [-0.2, -0.15) is 0 Å². The van der Waals surface area contributed by atoms with E-state index in [0.29, 0.717) is 18.5 Å². The van der Waals surface area contributed by atoms with Crippen LogP contribution in [0.1, 0.15) is 18.1 Å². The first kappa shape index (κ1) is 18.7. The van der Waals surface area contributed by atoms with Crippen LogP contribution in [0.15, 0.2) is 60.8 Å². The summed E-state index contributed by atoms with van der Waals surface area (Å²) < 4.78 is 0. The summed E-state index contributed by atoms with van der Waals surface area (Å²) in [7, 11) is 0. The molecule has 1 aliphatic heterocycles. The summed E-state index contributed by atoms with van der Waals surface area (Å²) in [6.07, 6.45) is 2.58. The Bertz CT molecular complexity index is 1080. The molecule has 1 fully saturated rings. The molecule has 7 heteroatoms. The number of hydrogen-bond donors (Lipinski definition) is 3. The van der Waals surface area contributed by atoms with E-state index in [-0.39, 0.29) is 12.5 Å². The molecule has 2 aromatic carbocycles. The van der Waals surface area contributed by atoms with E-state index in [4.69, 9.17) is 0 Å². The fraction of sp³-hybridized carbons (Fsp3) is 0.227. The number of fused-ring (bicyclic) bond motifs is 1. The number of aromatic nitrogens is 1. The normalized spacial score (nSPS) is 18.9. The van der Waals surface area contributed by atoms with Crippen LogP contribution in [0.4, 0.5) is 4.79 Å². The van der Waals surface area contributed by atoms with Crippen molar-refractivity contribution in [2.75, 3.05) is 13.1 Å². The molecule has 2 heterocycles. The van der Waals surface area contributed by atoms with Crippen molar-refractivity contribution in [3.05, 3.63) is 71.9 Å². The van der Waals surface area contributed by atoms with Crippen molar-refractivity contribution in [3.63, 3.8) is 0 Å². The number of aromatic amines is 1. The van der Waals surface area contributed by atoms with Crippen LogP contribution in [0.25, 0.3) is 10.9 Å². The van der Waals surface area contributed by atoms with E-state index >= 15 is 0 Å². The molecule has 0 aliphatic carbocycles. The van der Waals surface area contributed by atoms with Gasteiger partial charge in [-0.15, -0.1) is 0 Å². The van der Waals surface area contributed by atoms with Gasteiger partial charge in [0.2, 0.25) is 5.91 Å². The minimum Gasteiger partial charge on any atom is -0.361 e. The smallest absolute Gasteiger partial charge is 0.325 e. The van der Waals surface area contributed by atoms with Gasteiger partial charge in [-0.05, 0) is 30.5 Å². The third-order valence-corrected chi connectivity index (χ3v) is 5.32. The number of para-hydroxylation sites is 1. The molecule has 0 radical (unpaired) electrons. The van der Waals surface area contributed by atoms with E-state index in [0.717, 1.165) is 21.4 Å². The summed E-state index contributed by atoms with van der Waals surface area (Å²) in [6.45, 7) is 1.76. The molecule has 148 valence electrons. The van der Waals surface area contributed by atoms with Gasteiger partial charge in [-0.1, -0.05) is 48.5 Å². The summed E-state index contributed by atoms with van der Waals surface area (Å²) >= 11 is 0. The third-order valence-electron chi connectivity index (χ3n) is 5.32. The number of carbonyl (C=O) groups is 3. The van der Waals surface area contributed by atoms with Gasteiger partial charge in [0, 0.05) is 23.6 Å². The zero-order valence-electron chi connectivity index (χ0n) is 16.1. The second-order valence-corrected chi connectivity index (χ2v) is 7.27. The predicted octanol–water partition coefficient (Wildman–Crippen LogP) is 2.29. The van der Waals surface area contributed by atoms with Crippen LogP contribution >= 0.6 is 0 Å². The lowest BCUT2D eigenvalue weighted by molar-refractivity contribution is -0.134. The number of carbonyl (C=O) groups excluding carboxylic acids is 3. The zero-order valence-corrected chi connectivity index (χ0v) is 16.1. The van der Waals surface area contributed by atoms with E-state index in [1.807, 2.05) is 36.5 Å². The van der Waals surface area contributed by atoms with Crippen LogP contribution in [-0.2, 0) is 21.5 Å². The lowest BCUT2D eigenvalue weighted by atomic mass is 9.92. The molecule has 7 nitrogen and oxygen atoms in total. The number of hydrogen-bond acceptors (Lipinski definition) is 3. The van der Waals surface area contributed by atoms with E-state index in [1.54, 1.807) is 31.2 Å². The third kappa shape index (κ3) is 3.47. The molecule has 0 saturated carbocycles. The second kappa shape index (κ2) is 7.43. The molecule has 0 bridgehead atoms. The largest absolute Gasteiger partial charge is 0.361 e. The maximum atomic E-state index is 12.8. The van der Waals surface area contributed by atoms with Crippen LogP contribution in [0.3, 0.4) is 0 Å². The number of nitrogens with one attached hydrogen (secondary N) is 3. The highest BCUT2D eigenvalue weighted by atomic mass is 16.2. The van der Waals surface area contributed by atoms with Gasteiger partial charge in [0.15, 0.2) is 0 Å². The molecule has 1 saturated heterocycles. The number of H-pyrrole nitrogens is 1. The highest BCUT2D eigenvalue weighted by molar-refractivity contribution is 6.09. The maximum Gasteiger partial charge on any atom is 0.325 e. The van der Waals surface area contributed by atoms with Crippen molar-refractivity contribution in [2.45, 2.75) is 18.9 Å². The zero-order chi connectivity index (χ0) is 20.4. The van der Waals surface area contributed by atoms with Gasteiger partial charge in [-0.3, -0.25) is 14.5 Å². The van der Waals surface area contributed by atoms with Crippen LogP contribution < -0.4 is 10.6 Å². The minimum atomic E-state index is -1.16. The van der Waals surface area contributed by atoms with Crippen molar-refractivity contribution in [2.24, 2.45) is 0 Å². The highest BCUT2D eigenvalue weighted by Gasteiger charge is 2.49. The maximum absolute atomic E-state index is 12.8. The Balaban J connectivity index is 1.36. The molecule has 1 aromatic heterocycles. The molecule has 4 amide bonds. The summed E-state index contributed by atoms with van der Waals surface area (Å²) in [5, 5.41) is 6.62. The lowest BCUT2D eigenvalue weighted by Crippen LogP contribution is -2.43. The number of imide groups is 1. The molecule has 29 heavy (non-hydrogen) atoms. The Morgan fingerprint density at radius 1 is 1.07 bits per heavy atom. The predicted molar refractivity (Wildman–Crippen MR) is 109 cm³/mol. The average Bonchev–Trinajstić information content (AvgIpc) is 3.24. The van der Waals surface area contributed by atoms with Gasteiger partial charge >= 0.3 is 6.03 Å². The standard InChI is InChI=1S/C22H22N4O3/c1-22(16-7-3-2-4-8-16)20(28)26(21(29)25-22)14-19(27)23-12-11-15-13-24-18-10-6-5-9-17(15)18/h2-10,13,24H,11-12,14H2,1H3,(H,23,27)(H,25,29)/t22-/m0/s1. The highest BCUT2D eigenvalue weighted by Crippen LogP contribution is 2.28. The minimum absolute atomic E-state index is 0.305. The van der Waals surface area contributed by atoms with E-state index in [2.05, 4.69) is 15.6 Å². The first-order valence-corrected chi connectivity index (χ1v) is 9.50. The Hall–Kier alpha value is -3.61. The van der Waals surface area contributed by atoms with Crippen molar-refractivity contribution >= 4 is 28.7 Å². The van der Waals surface area contributed by atoms with Crippen molar-refractivity contribution in [3.8, 4) is 0 Å². The number of urea groups is 1. The van der Waals surface area contributed by atoms with Gasteiger partial charge in [-0.25, -0.2) is 4.79 Å². The Kier molecular flexibility index (Phi) is 4.80. The van der Waals surface area contributed by atoms with E-state index in [9.17, 15) is 14.4 Å². The molecule has 1 aliphatic rings.